The summed E-state index contributed by atoms with van der Waals surface area (Å²) in [6.45, 7) is 0. The van der Waals surface area contributed by atoms with E-state index >= 15 is 0 Å². The van der Waals surface area contributed by atoms with Crippen molar-refractivity contribution in [3.05, 3.63) is 22.7 Å². The number of ether oxygens (including phenoxy) is 1. The minimum atomic E-state index is -4.49. The molecule has 5 N–H and O–H groups in total. The highest BCUT2D eigenvalue weighted by molar-refractivity contribution is 7.51. The molecule has 2 heterocycles. The summed E-state index contributed by atoms with van der Waals surface area (Å²) in [4.78, 5) is 32.6. The van der Waals surface area contributed by atoms with E-state index in [9.17, 15) is 18.9 Å². The summed E-state index contributed by atoms with van der Waals surface area (Å²) >= 11 is 0. The predicted octanol–water partition coefficient (Wildman–Crippen LogP) is -1.40. The van der Waals surface area contributed by atoms with Crippen molar-refractivity contribution in [2.75, 3.05) is 11.9 Å². The molecule has 1 aromatic rings. The van der Waals surface area contributed by atoms with Crippen molar-refractivity contribution in [3.8, 4) is 0 Å². The van der Waals surface area contributed by atoms with Gasteiger partial charge in [-0.25, -0.2) is 9.18 Å². The normalized spacial score (nSPS) is 30.6. The molecule has 1 fully saturated rings. The van der Waals surface area contributed by atoms with Crippen molar-refractivity contribution in [3.63, 3.8) is 0 Å². The molecule has 1 aliphatic heterocycles. The van der Waals surface area contributed by atoms with Crippen LogP contribution in [0.2, 0.25) is 0 Å². The number of aromatic nitrogens is 2. The van der Waals surface area contributed by atoms with Crippen LogP contribution in [0.5, 0.6) is 0 Å². The molecule has 0 spiro atoms. The van der Waals surface area contributed by atoms with Crippen LogP contribution in [-0.2, 0) is 9.30 Å². The maximum atomic E-state index is 13.9. The Labute approximate surface area is 112 Å². The Morgan fingerprint density at radius 1 is 1.55 bits per heavy atom. The molecule has 1 aromatic heterocycles. The molecule has 0 amide bonds. The van der Waals surface area contributed by atoms with Crippen LogP contribution in [0, 0.1) is 0 Å². The second-order valence-electron chi connectivity index (χ2n) is 4.39. The minimum absolute atomic E-state index is 0.0630. The quantitative estimate of drug-likeness (QED) is 0.498. The molecule has 4 atom stereocenters. The van der Waals surface area contributed by atoms with Crippen LogP contribution >= 0.6 is 7.60 Å². The number of nitrogens with two attached hydrogens (primary N) is 1. The summed E-state index contributed by atoms with van der Waals surface area (Å²) in [5, 5.41) is 9.59. The number of halogens is 1. The van der Waals surface area contributed by atoms with Gasteiger partial charge in [0.2, 0.25) is 0 Å². The van der Waals surface area contributed by atoms with E-state index in [1.54, 1.807) is 0 Å². The van der Waals surface area contributed by atoms with Crippen molar-refractivity contribution < 1.29 is 28.6 Å². The van der Waals surface area contributed by atoms with Gasteiger partial charge in [0.15, 0.2) is 12.4 Å². The Morgan fingerprint density at radius 3 is 2.75 bits per heavy atom. The first kappa shape index (κ1) is 15.1. The van der Waals surface area contributed by atoms with E-state index < -0.39 is 44.1 Å². The molecule has 2 rings (SSSR count). The van der Waals surface area contributed by atoms with Gasteiger partial charge in [-0.3, -0.25) is 9.13 Å². The molecular formula is C9H13FN3O6P. The highest BCUT2D eigenvalue weighted by Gasteiger charge is 2.47. The van der Waals surface area contributed by atoms with Gasteiger partial charge in [0.05, 0.1) is 6.16 Å². The van der Waals surface area contributed by atoms with Crippen LogP contribution in [0.25, 0.3) is 0 Å². The Kier molecular flexibility index (Phi) is 3.94. The molecular weight excluding hydrogens is 296 g/mol. The molecule has 1 saturated heterocycles. The first-order valence-corrected chi connectivity index (χ1v) is 7.35. The molecule has 20 heavy (non-hydrogen) atoms. The Bertz CT molecular complexity index is 604. The first-order valence-electron chi connectivity index (χ1n) is 5.56. The number of aliphatic hydroxyl groups excluding tert-OH is 1. The average Bonchev–Trinajstić information content (AvgIpc) is 2.56. The van der Waals surface area contributed by atoms with Crippen LogP contribution in [0.3, 0.4) is 0 Å². The molecule has 0 saturated carbocycles. The van der Waals surface area contributed by atoms with E-state index in [1.807, 2.05) is 0 Å². The zero-order valence-electron chi connectivity index (χ0n) is 10.0. The third-order valence-corrected chi connectivity index (χ3v) is 3.67. The van der Waals surface area contributed by atoms with E-state index in [-0.39, 0.29) is 5.82 Å². The lowest BCUT2D eigenvalue weighted by molar-refractivity contribution is -0.0185. The van der Waals surface area contributed by atoms with Gasteiger partial charge in [0, 0.05) is 6.20 Å². The molecule has 11 heteroatoms. The number of rotatable bonds is 3. The van der Waals surface area contributed by atoms with Gasteiger partial charge in [0.25, 0.3) is 0 Å². The number of alkyl halides is 1. The van der Waals surface area contributed by atoms with Crippen LogP contribution in [0.1, 0.15) is 6.23 Å². The van der Waals surface area contributed by atoms with Gasteiger partial charge >= 0.3 is 13.3 Å². The number of nitrogen functional groups attached to an aromatic ring is 1. The third kappa shape index (κ3) is 3.05. The maximum Gasteiger partial charge on any atom is 0.351 e. The van der Waals surface area contributed by atoms with Crippen LogP contribution in [0.15, 0.2) is 17.1 Å². The lowest BCUT2D eigenvalue weighted by Crippen LogP contribution is -2.33. The van der Waals surface area contributed by atoms with E-state index in [4.69, 9.17) is 20.3 Å². The number of aliphatic hydroxyl groups is 1. The van der Waals surface area contributed by atoms with E-state index in [0.29, 0.717) is 0 Å². The highest BCUT2D eigenvalue weighted by atomic mass is 31.2. The molecule has 0 aliphatic carbocycles. The number of hydrogen-bond acceptors (Lipinski definition) is 6. The summed E-state index contributed by atoms with van der Waals surface area (Å²) in [5.74, 6) is -0.0630. The molecule has 0 bridgehead atoms. The van der Waals surface area contributed by atoms with Gasteiger partial charge in [0.1, 0.15) is 18.0 Å². The smallest absolute Gasteiger partial charge is 0.351 e. The van der Waals surface area contributed by atoms with Crippen LogP contribution in [-0.4, -0.2) is 49.0 Å². The van der Waals surface area contributed by atoms with E-state index in [2.05, 4.69) is 4.98 Å². The van der Waals surface area contributed by atoms with Gasteiger partial charge in [-0.15, -0.1) is 0 Å². The second kappa shape index (κ2) is 5.23. The molecule has 0 aromatic carbocycles. The van der Waals surface area contributed by atoms with E-state index in [0.717, 1.165) is 10.8 Å². The fraction of sp³-hybridized carbons (Fsp3) is 0.556. The van der Waals surface area contributed by atoms with Gasteiger partial charge in [-0.05, 0) is 6.07 Å². The van der Waals surface area contributed by atoms with Gasteiger partial charge in [-0.2, -0.15) is 4.98 Å². The van der Waals surface area contributed by atoms with Gasteiger partial charge < -0.3 is 25.4 Å². The molecule has 0 radical (unpaired) electrons. The zero-order chi connectivity index (χ0) is 15.1. The number of nitrogens with zero attached hydrogens (tertiary/aromatic N) is 2. The zero-order valence-corrected chi connectivity index (χ0v) is 10.9. The summed E-state index contributed by atoms with van der Waals surface area (Å²) in [6, 6.07) is 1.24. The van der Waals surface area contributed by atoms with Gasteiger partial charge in [-0.1, -0.05) is 0 Å². The Hall–Kier alpha value is -1.32. The van der Waals surface area contributed by atoms with Crippen molar-refractivity contribution in [1.82, 2.24) is 9.55 Å². The van der Waals surface area contributed by atoms with Crippen molar-refractivity contribution >= 4 is 13.4 Å². The number of anilines is 1. The Morgan fingerprint density at radius 2 is 2.20 bits per heavy atom. The van der Waals surface area contributed by atoms with Crippen molar-refractivity contribution in [2.45, 2.75) is 24.6 Å². The third-order valence-electron chi connectivity index (χ3n) is 2.84. The summed E-state index contributed by atoms with van der Waals surface area (Å²) < 4.78 is 30.6. The standard InChI is InChI=1S/C9H13FN3O6P/c10-6-7(14)4(3-20(16,17)18)19-8(6)13-2-1-5(11)12-9(13)15/h1-2,4,6-8,14H,3H2,(H2,11,12,15)(H2,16,17,18)/t4-,6+,7?,8-/m1/s1. The average molecular weight is 309 g/mol. The summed E-state index contributed by atoms with van der Waals surface area (Å²) in [5.41, 5.74) is 4.40. The Balaban J connectivity index is 2.26. The minimum Gasteiger partial charge on any atom is -0.387 e. The predicted molar refractivity (Wildman–Crippen MR) is 64.6 cm³/mol. The van der Waals surface area contributed by atoms with Crippen molar-refractivity contribution in [1.29, 1.82) is 0 Å². The maximum absolute atomic E-state index is 13.9. The fourth-order valence-electron chi connectivity index (χ4n) is 1.93. The SMILES string of the molecule is Nc1ccn([C@@H]2O[C@H](CP(=O)(O)O)C(O)[C@@H]2F)c(=O)n1. The monoisotopic (exact) mass is 309 g/mol. The van der Waals surface area contributed by atoms with Crippen LogP contribution in [0.4, 0.5) is 10.2 Å². The summed E-state index contributed by atoms with van der Waals surface area (Å²) in [6.07, 6.45) is -6.41. The van der Waals surface area contributed by atoms with Crippen LogP contribution < -0.4 is 11.4 Å². The number of hydrogen-bond donors (Lipinski definition) is 4. The molecule has 9 nitrogen and oxygen atoms in total. The topological polar surface area (TPSA) is 148 Å². The fourth-order valence-corrected chi connectivity index (χ4v) is 2.70. The highest BCUT2D eigenvalue weighted by Crippen LogP contribution is 2.41. The largest absolute Gasteiger partial charge is 0.387 e. The molecule has 1 aliphatic rings. The van der Waals surface area contributed by atoms with Crippen molar-refractivity contribution in [2.24, 2.45) is 0 Å². The lowest BCUT2D eigenvalue weighted by Gasteiger charge is -2.16. The first-order chi connectivity index (χ1) is 9.19. The lowest BCUT2D eigenvalue weighted by atomic mass is 10.2. The molecule has 1 unspecified atom stereocenters. The molecule has 112 valence electrons. The van der Waals surface area contributed by atoms with E-state index in [1.165, 1.54) is 6.07 Å². The summed E-state index contributed by atoms with van der Waals surface area (Å²) in [7, 11) is -4.49. The second-order valence-corrected chi connectivity index (χ2v) is 6.08.